The van der Waals surface area contributed by atoms with Gasteiger partial charge < -0.3 is 10.6 Å². The Morgan fingerprint density at radius 3 is 2.42 bits per heavy atom. The SMILES string of the molecule is CCC(C)N(C)c1ccc(CCN)c(C(F)(F)F)c1. The Morgan fingerprint density at radius 2 is 1.95 bits per heavy atom. The van der Waals surface area contributed by atoms with Crippen molar-refractivity contribution < 1.29 is 13.2 Å². The van der Waals surface area contributed by atoms with Gasteiger partial charge in [-0.1, -0.05) is 13.0 Å². The van der Waals surface area contributed by atoms with Crippen molar-refractivity contribution in [3.8, 4) is 0 Å². The molecule has 1 rings (SSSR count). The molecule has 0 spiro atoms. The van der Waals surface area contributed by atoms with Crippen molar-refractivity contribution in [1.82, 2.24) is 0 Å². The average Bonchev–Trinajstić information content (AvgIpc) is 2.36. The molecule has 0 amide bonds. The van der Waals surface area contributed by atoms with Gasteiger partial charge in [-0.15, -0.1) is 0 Å². The minimum Gasteiger partial charge on any atom is -0.372 e. The monoisotopic (exact) mass is 274 g/mol. The Balaban J connectivity index is 3.18. The number of halogens is 3. The van der Waals surface area contributed by atoms with Crippen molar-refractivity contribution in [2.75, 3.05) is 18.5 Å². The number of anilines is 1. The molecule has 19 heavy (non-hydrogen) atoms. The van der Waals surface area contributed by atoms with Crippen LogP contribution in [-0.2, 0) is 12.6 Å². The van der Waals surface area contributed by atoms with Gasteiger partial charge in [-0.3, -0.25) is 0 Å². The Hall–Kier alpha value is -1.23. The molecular weight excluding hydrogens is 253 g/mol. The molecule has 2 nitrogen and oxygen atoms in total. The number of hydrogen-bond acceptors (Lipinski definition) is 2. The second-order valence-corrected chi connectivity index (χ2v) is 4.75. The molecular formula is C14H21F3N2. The van der Waals surface area contributed by atoms with Crippen LogP contribution in [0.4, 0.5) is 18.9 Å². The fraction of sp³-hybridized carbons (Fsp3) is 0.571. The molecule has 0 aliphatic rings. The second-order valence-electron chi connectivity index (χ2n) is 4.75. The molecule has 0 bridgehead atoms. The third kappa shape index (κ3) is 3.86. The molecule has 0 saturated carbocycles. The first kappa shape index (κ1) is 15.8. The molecule has 1 aromatic carbocycles. The molecule has 1 unspecified atom stereocenters. The first-order valence-corrected chi connectivity index (χ1v) is 6.44. The lowest BCUT2D eigenvalue weighted by Crippen LogP contribution is -2.28. The average molecular weight is 274 g/mol. The number of nitrogens with zero attached hydrogens (tertiary/aromatic N) is 1. The molecule has 0 saturated heterocycles. The Kier molecular flexibility index (Phi) is 5.23. The standard InChI is InChI=1S/C14H21F3N2/c1-4-10(2)19(3)12-6-5-11(7-8-18)13(9-12)14(15,16)17/h5-6,9-10H,4,7-8,18H2,1-3H3. The highest BCUT2D eigenvalue weighted by Crippen LogP contribution is 2.35. The molecule has 0 fully saturated rings. The highest BCUT2D eigenvalue weighted by Gasteiger charge is 2.33. The van der Waals surface area contributed by atoms with E-state index in [2.05, 4.69) is 0 Å². The quantitative estimate of drug-likeness (QED) is 0.891. The van der Waals surface area contributed by atoms with Crippen molar-refractivity contribution in [3.63, 3.8) is 0 Å². The zero-order valence-corrected chi connectivity index (χ0v) is 11.6. The molecule has 0 aromatic heterocycles. The summed E-state index contributed by atoms with van der Waals surface area (Å²) >= 11 is 0. The number of alkyl halides is 3. The molecule has 5 heteroatoms. The van der Waals surface area contributed by atoms with Crippen LogP contribution >= 0.6 is 0 Å². The normalized spacial score (nSPS) is 13.4. The van der Waals surface area contributed by atoms with E-state index >= 15 is 0 Å². The minimum absolute atomic E-state index is 0.196. The van der Waals surface area contributed by atoms with Crippen molar-refractivity contribution >= 4 is 5.69 Å². The Labute approximate surface area is 112 Å². The van der Waals surface area contributed by atoms with E-state index < -0.39 is 11.7 Å². The summed E-state index contributed by atoms with van der Waals surface area (Å²) in [6.07, 6.45) is -3.22. The molecule has 1 aromatic rings. The van der Waals surface area contributed by atoms with Crippen LogP contribution in [0, 0.1) is 0 Å². The lowest BCUT2D eigenvalue weighted by Gasteiger charge is -2.27. The predicted molar refractivity (Wildman–Crippen MR) is 72.4 cm³/mol. The summed E-state index contributed by atoms with van der Waals surface area (Å²) in [4.78, 5) is 1.86. The summed E-state index contributed by atoms with van der Waals surface area (Å²) in [6.45, 7) is 4.21. The molecule has 0 aliphatic heterocycles. The maximum Gasteiger partial charge on any atom is 0.416 e. The van der Waals surface area contributed by atoms with Crippen LogP contribution in [0.25, 0.3) is 0 Å². The minimum atomic E-state index is -4.34. The number of benzene rings is 1. The fourth-order valence-electron chi connectivity index (χ4n) is 1.95. The van der Waals surface area contributed by atoms with Gasteiger partial charge in [0.25, 0.3) is 0 Å². The maximum absolute atomic E-state index is 13.0. The molecule has 0 aliphatic carbocycles. The van der Waals surface area contributed by atoms with Gasteiger partial charge in [-0.25, -0.2) is 0 Å². The zero-order chi connectivity index (χ0) is 14.6. The largest absolute Gasteiger partial charge is 0.416 e. The van der Waals surface area contributed by atoms with Crippen molar-refractivity contribution in [2.24, 2.45) is 5.73 Å². The highest BCUT2D eigenvalue weighted by molar-refractivity contribution is 5.52. The summed E-state index contributed by atoms with van der Waals surface area (Å²) in [6, 6.07) is 4.68. The van der Waals surface area contributed by atoms with Gasteiger partial charge >= 0.3 is 6.18 Å². The summed E-state index contributed by atoms with van der Waals surface area (Å²) in [7, 11) is 1.81. The summed E-state index contributed by atoms with van der Waals surface area (Å²) in [5.74, 6) is 0. The molecule has 108 valence electrons. The van der Waals surface area contributed by atoms with E-state index in [0.29, 0.717) is 5.69 Å². The van der Waals surface area contributed by atoms with Gasteiger partial charge in [-0.2, -0.15) is 13.2 Å². The predicted octanol–water partition coefficient (Wildman–Crippen LogP) is 3.44. The third-order valence-electron chi connectivity index (χ3n) is 3.47. The van der Waals surface area contributed by atoms with Crippen molar-refractivity contribution in [2.45, 2.75) is 38.9 Å². The Morgan fingerprint density at radius 1 is 1.32 bits per heavy atom. The van der Waals surface area contributed by atoms with Gasteiger partial charge in [-0.05, 0) is 44.0 Å². The van der Waals surface area contributed by atoms with Crippen molar-refractivity contribution in [3.05, 3.63) is 29.3 Å². The van der Waals surface area contributed by atoms with E-state index in [-0.39, 0.29) is 24.6 Å². The topological polar surface area (TPSA) is 29.3 Å². The number of nitrogens with two attached hydrogens (primary N) is 1. The second kappa shape index (κ2) is 6.28. The van der Waals surface area contributed by atoms with Crippen LogP contribution in [0.1, 0.15) is 31.4 Å². The fourth-order valence-corrected chi connectivity index (χ4v) is 1.95. The van der Waals surface area contributed by atoms with Crippen LogP contribution in [-0.4, -0.2) is 19.6 Å². The number of rotatable bonds is 5. The zero-order valence-electron chi connectivity index (χ0n) is 11.6. The summed E-state index contributed by atoms with van der Waals surface area (Å²) in [5, 5.41) is 0. The third-order valence-corrected chi connectivity index (χ3v) is 3.47. The van der Waals surface area contributed by atoms with Gasteiger partial charge in [0, 0.05) is 18.8 Å². The lowest BCUT2D eigenvalue weighted by molar-refractivity contribution is -0.138. The Bertz CT molecular complexity index is 416. The van der Waals surface area contributed by atoms with Gasteiger partial charge in [0.05, 0.1) is 5.56 Å². The first-order valence-electron chi connectivity index (χ1n) is 6.44. The van der Waals surface area contributed by atoms with E-state index in [9.17, 15) is 13.2 Å². The molecule has 0 radical (unpaired) electrons. The van der Waals surface area contributed by atoms with E-state index in [4.69, 9.17) is 5.73 Å². The molecule has 0 heterocycles. The lowest BCUT2D eigenvalue weighted by atomic mass is 10.0. The summed E-state index contributed by atoms with van der Waals surface area (Å²) < 4.78 is 39.1. The van der Waals surface area contributed by atoms with Gasteiger partial charge in [0.1, 0.15) is 0 Å². The first-order chi connectivity index (χ1) is 8.81. The van der Waals surface area contributed by atoms with Crippen molar-refractivity contribution in [1.29, 1.82) is 0 Å². The number of hydrogen-bond donors (Lipinski definition) is 1. The maximum atomic E-state index is 13.0. The van der Waals surface area contributed by atoms with Crippen LogP contribution in [0.15, 0.2) is 18.2 Å². The molecule has 2 N–H and O–H groups in total. The van der Waals surface area contributed by atoms with E-state index in [1.165, 1.54) is 12.1 Å². The van der Waals surface area contributed by atoms with Crippen LogP contribution in [0.3, 0.4) is 0 Å². The van der Waals surface area contributed by atoms with E-state index in [0.717, 1.165) is 6.42 Å². The smallest absolute Gasteiger partial charge is 0.372 e. The van der Waals surface area contributed by atoms with Crippen LogP contribution in [0.2, 0.25) is 0 Å². The van der Waals surface area contributed by atoms with Crippen LogP contribution < -0.4 is 10.6 Å². The van der Waals surface area contributed by atoms with E-state index in [1.54, 1.807) is 6.07 Å². The van der Waals surface area contributed by atoms with Gasteiger partial charge in [0.2, 0.25) is 0 Å². The van der Waals surface area contributed by atoms with Crippen LogP contribution in [0.5, 0.6) is 0 Å². The highest BCUT2D eigenvalue weighted by atomic mass is 19.4. The summed E-state index contributed by atoms with van der Waals surface area (Å²) in [5.41, 5.74) is 5.63. The molecule has 1 atom stereocenters. The van der Waals surface area contributed by atoms with E-state index in [1.807, 2.05) is 25.8 Å². The van der Waals surface area contributed by atoms with Gasteiger partial charge in [0.15, 0.2) is 0 Å².